The van der Waals surface area contributed by atoms with E-state index in [1.165, 1.54) is 0 Å². The van der Waals surface area contributed by atoms with Crippen LogP contribution >= 0.6 is 0 Å². The van der Waals surface area contributed by atoms with E-state index in [-0.39, 0.29) is 11.1 Å². The number of aromatic nitrogens is 4. The van der Waals surface area contributed by atoms with E-state index >= 15 is 0 Å². The lowest BCUT2D eigenvalue weighted by atomic mass is 9.96. The molecule has 0 radical (unpaired) electrons. The summed E-state index contributed by atoms with van der Waals surface area (Å²) in [6, 6.07) is 58.3. The fraction of sp³-hybridized carbons (Fsp3) is 0.0357. The van der Waals surface area contributed by atoms with Crippen molar-refractivity contribution in [3.05, 3.63) is 181 Å². The molecule has 0 aliphatic carbocycles. The number of aryl methyl sites for hydroxylation is 2. The summed E-state index contributed by atoms with van der Waals surface area (Å²) in [5.74, 6) is 0. The summed E-state index contributed by atoms with van der Waals surface area (Å²) in [7, 11) is 0. The molecule has 4 heteroatoms. The lowest BCUT2D eigenvalue weighted by Gasteiger charge is -2.11. The van der Waals surface area contributed by atoms with E-state index in [2.05, 4.69) is 127 Å². The molecule has 0 bridgehead atoms. The van der Waals surface area contributed by atoms with E-state index in [0.717, 1.165) is 98.6 Å². The molecule has 0 fully saturated rings. The van der Waals surface area contributed by atoms with Crippen molar-refractivity contribution in [3.8, 4) is 11.4 Å². The molecule has 0 N–H and O–H groups in total. The summed E-state index contributed by atoms with van der Waals surface area (Å²) in [5.41, 5.74) is 10.5. The highest BCUT2D eigenvalue weighted by atomic mass is 15.0. The predicted molar refractivity (Wildman–Crippen MR) is 254 cm³/mol. The third kappa shape index (κ3) is 3.50. The van der Waals surface area contributed by atoms with Gasteiger partial charge in [-0.3, -0.25) is 0 Å². The van der Waals surface area contributed by atoms with E-state index in [4.69, 9.17) is 0 Å². The van der Waals surface area contributed by atoms with Crippen LogP contribution in [0.25, 0.3) is 131 Å². The Morgan fingerprint density at radius 3 is 1.13 bits per heavy atom. The van der Waals surface area contributed by atoms with Gasteiger partial charge in [-0.15, -0.1) is 0 Å². The van der Waals surface area contributed by atoms with Crippen LogP contribution in [0.1, 0.15) is 19.4 Å². The molecular weight excluding hydrogens is 729 g/mol. The number of rotatable bonds is 2. The van der Waals surface area contributed by atoms with Crippen molar-refractivity contribution in [2.75, 3.05) is 0 Å². The third-order valence-electron chi connectivity index (χ3n) is 13.6. The van der Waals surface area contributed by atoms with Crippen LogP contribution in [0.15, 0.2) is 170 Å². The molecule has 60 heavy (non-hydrogen) atoms. The summed E-state index contributed by atoms with van der Waals surface area (Å²) < 4.78 is 65.8. The van der Waals surface area contributed by atoms with Gasteiger partial charge in [0.1, 0.15) is 0 Å². The SMILES string of the molecule is [2H]C([2H])([2H])c1c2c3cccc4c5cc6c7ccccc7n(-c7ccccc7)c6cc5n(c2c(C([2H])([2H])[2H])c2c5cccc6c7cc8c9ccccc9n(-c9ccccc9)c8cc7n(c12)c65)c43. The maximum atomic E-state index is 9.52. The van der Waals surface area contributed by atoms with E-state index < -0.39 is 13.7 Å². The Labute approximate surface area is 351 Å². The molecule has 0 spiro atoms. The number of fused-ring (bicyclic) bond motifs is 18. The van der Waals surface area contributed by atoms with Crippen molar-refractivity contribution in [2.45, 2.75) is 13.7 Å². The Hall–Kier alpha value is -7.82. The van der Waals surface area contributed by atoms with Gasteiger partial charge in [0.2, 0.25) is 0 Å². The molecule has 6 heterocycles. The second kappa shape index (κ2) is 10.6. The molecule has 15 rings (SSSR count). The molecule has 9 aromatic carbocycles. The van der Waals surface area contributed by atoms with Crippen LogP contribution in [0, 0.1) is 13.7 Å². The summed E-state index contributed by atoms with van der Waals surface area (Å²) in [4.78, 5) is 0. The average Bonchev–Trinajstić information content (AvgIpc) is 4.15. The molecular formula is C56H34N4. The number of benzene rings is 9. The maximum Gasteiger partial charge on any atom is 0.0620 e. The zero-order valence-electron chi connectivity index (χ0n) is 38.0. The molecule has 15 aromatic rings. The normalized spacial score (nSPS) is 14.7. The van der Waals surface area contributed by atoms with Crippen molar-refractivity contribution in [2.24, 2.45) is 0 Å². The minimum atomic E-state index is -2.65. The molecule has 0 atom stereocenters. The zero-order valence-corrected chi connectivity index (χ0v) is 32.0. The van der Waals surface area contributed by atoms with E-state index in [1.54, 1.807) is 0 Å². The molecule has 4 nitrogen and oxygen atoms in total. The van der Waals surface area contributed by atoms with Crippen LogP contribution < -0.4 is 0 Å². The lowest BCUT2D eigenvalue weighted by molar-refractivity contribution is 1.18. The molecule has 6 aromatic heterocycles. The van der Waals surface area contributed by atoms with Crippen LogP contribution in [-0.2, 0) is 0 Å². The van der Waals surface area contributed by atoms with Crippen LogP contribution in [0.5, 0.6) is 0 Å². The first-order chi connectivity index (χ1) is 32.1. The molecule has 0 saturated heterocycles. The lowest BCUT2D eigenvalue weighted by Crippen LogP contribution is -1.94. The van der Waals surface area contributed by atoms with Gasteiger partial charge >= 0.3 is 0 Å². The number of hydrogen-bond acceptors (Lipinski definition) is 0. The Bertz CT molecular complexity index is 4290. The molecule has 0 aliphatic heterocycles. The quantitative estimate of drug-likeness (QED) is 0.167. The van der Waals surface area contributed by atoms with Crippen LogP contribution in [0.4, 0.5) is 0 Å². The fourth-order valence-electron chi connectivity index (χ4n) is 11.3. The van der Waals surface area contributed by atoms with Crippen molar-refractivity contribution in [3.63, 3.8) is 0 Å². The fourth-order valence-corrected chi connectivity index (χ4v) is 11.3. The highest BCUT2D eigenvalue weighted by molar-refractivity contribution is 6.33. The van der Waals surface area contributed by atoms with Gasteiger partial charge in [0.05, 0.1) is 55.2 Å². The second-order valence-corrected chi connectivity index (χ2v) is 16.4. The van der Waals surface area contributed by atoms with E-state index in [9.17, 15) is 8.22 Å². The number of nitrogens with zero attached hydrogens (tertiary/aromatic N) is 4. The number of para-hydroxylation sites is 6. The summed E-state index contributed by atoms with van der Waals surface area (Å²) in [6.45, 7) is -5.30. The van der Waals surface area contributed by atoms with Crippen molar-refractivity contribution in [1.29, 1.82) is 0 Å². The largest absolute Gasteiger partial charge is 0.309 e. The summed E-state index contributed by atoms with van der Waals surface area (Å²) in [5, 5.41) is 10.6. The highest BCUT2D eigenvalue weighted by Gasteiger charge is 2.28. The van der Waals surface area contributed by atoms with Gasteiger partial charge < -0.3 is 17.9 Å². The monoisotopic (exact) mass is 768 g/mol. The van der Waals surface area contributed by atoms with Crippen molar-refractivity contribution < 1.29 is 8.22 Å². The smallest absolute Gasteiger partial charge is 0.0620 e. The van der Waals surface area contributed by atoms with Crippen molar-refractivity contribution >= 4 is 120 Å². The van der Waals surface area contributed by atoms with Crippen molar-refractivity contribution in [1.82, 2.24) is 17.9 Å². The van der Waals surface area contributed by atoms with Gasteiger partial charge in [-0.2, -0.15) is 0 Å². The molecule has 0 aliphatic rings. The predicted octanol–water partition coefficient (Wildman–Crippen LogP) is 14.8. The topological polar surface area (TPSA) is 18.7 Å². The molecule has 278 valence electrons. The Kier molecular flexibility index (Phi) is 4.64. The molecule has 0 amide bonds. The van der Waals surface area contributed by atoms with Gasteiger partial charge in [-0.25, -0.2) is 0 Å². The first kappa shape index (κ1) is 26.2. The van der Waals surface area contributed by atoms with Crippen LogP contribution in [-0.4, -0.2) is 17.9 Å². The zero-order chi connectivity index (χ0) is 44.1. The molecule has 0 saturated carbocycles. The first-order valence-electron chi connectivity index (χ1n) is 23.5. The van der Waals surface area contributed by atoms with E-state index in [0.29, 0.717) is 32.6 Å². The van der Waals surface area contributed by atoms with Crippen LogP contribution in [0.2, 0.25) is 0 Å². The standard InChI is InChI=1S/C56H34N4/c1-31-51-39-23-13-21-37-44-28-42-36-20-10-12-26-46(36)58(34-17-7-4-8-18-34)48(42)30-50(44)60(55(37)39)54(51)32(2)52-40-24-14-22-38-43-27-41-35-19-9-11-25-45(35)57(33-15-5-3-6-16-33)47(41)29-49(43)59(53(31)52)56(38)40/h3-30H,1-2H3/i1D3,2D3. The van der Waals surface area contributed by atoms with Gasteiger partial charge in [0.15, 0.2) is 0 Å². The minimum absolute atomic E-state index is 0.156. The summed E-state index contributed by atoms with van der Waals surface area (Å²) >= 11 is 0. The number of hydrogen-bond donors (Lipinski definition) is 0. The van der Waals surface area contributed by atoms with Gasteiger partial charge in [-0.1, -0.05) is 109 Å². The second-order valence-electron chi connectivity index (χ2n) is 16.4. The summed E-state index contributed by atoms with van der Waals surface area (Å²) in [6.07, 6.45) is 0. The Balaban J connectivity index is 1.19. The van der Waals surface area contributed by atoms with Gasteiger partial charge in [-0.05, 0) is 85.5 Å². The van der Waals surface area contributed by atoms with Crippen LogP contribution in [0.3, 0.4) is 0 Å². The Morgan fingerprint density at radius 1 is 0.300 bits per heavy atom. The third-order valence-corrected chi connectivity index (χ3v) is 13.6. The van der Waals surface area contributed by atoms with E-state index in [1.807, 2.05) is 60.7 Å². The maximum absolute atomic E-state index is 9.52. The average molecular weight is 769 g/mol. The first-order valence-corrected chi connectivity index (χ1v) is 20.5. The van der Waals surface area contributed by atoms with Gasteiger partial charge in [0.25, 0.3) is 0 Å². The minimum Gasteiger partial charge on any atom is -0.309 e. The highest BCUT2D eigenvalue weighted by Crippen LogP contribution is 2.50. The van der Waals surface area contributed by atoms with Gasteiger partial charge in [0, 0.05) is 84.2 Å². The Morgan fingerprint density at radius 2 is 0.683 bits per heavy atom. The molecule has 0 unspecified atom stereocenters.